The lowest BCUT2D eigenvalue weighted by Crippen LogP contribution is -2.24. The Labute approximate surface area is 104 Å². The molecule has 0 aromatic heterocycles. The molecule has 0 fully saturated rings. The fourth-order valence-electron chi connectivity index (χ4n) is 1.06. The summed E-state index contributed by atoms with van der Waals surface area (Å²) in [7, 11) is 0. The topological polar surface area (TPSA) is 72.0 Å². The SMILES string of the molecule is Br.C1=NNC=c2ccccc2=C1.N#CC#N. The van der Waals surface area contributed by atoms with Crippen molar-refractivity contribution in [1.82, 2.24) is 5.43 Å². The summed E-state index contributed by atoms with van der Waals surface area (Å²) in [6.07, 6.45) is 5.61. The average molecular weight is 277 g/mol. The molecule has 0 aliphatic carbocycles. The molecule has 1 aromatic rings. The van der Waals surface area contributed by atoms with Crippen molar-refractivity contribution < 1.29 is 0 Å². The number of nitrogens with one attached hydrogen (secondary N) is 1. The van der Waals surface area contributed by atoms with Crippen LogP contribution in [0.4, 0.5) is 0 Å². The first kappa shape index (κ1) is 13.9. The lowest BCUT2D eigenvalue weighted by Gasteiger charge is -1.86. The summed E-state index contributed by atoms with van der Waals surface area (Å²) in [4.78, 5) is 0. The Morgan fingerprint density at radius 3 is 2.31 bits per heavy atom. The number of fused-ring (bicyclic) bond motifs is 1. The number of nitriles is 2. The second-order valence-electron chi connectivity index (χ2n) is 2.57. The van der Waals surface area contributed by atoms with Crippen LogP contribution in [0.1, 0.15) is 0 Å². The third-order valence-electron chi connectivity index (χ3n) is 1.67. The highest BCUT2D eigenvalue weighted by atomic mass is 79.9. The zero-order valence-electron chi connectivity index (χ0n) is 8.29. The predicted octanol–water partition coefficient (Wildman–Crippen LogP) is 0.406. The minimum Gasteiger partial charge on any atom is -0.285 e. The van der Waals surface area contributed by atoms with Gasteiger partial charge < -0.3 is 0 Å². The van der Waals surface area contributed by atoms with Crippen LogP contribution in [0.3, 0.4) is 0 Å². The van der Waals surface area contributed by atoms with Gasteiger partial charge in [0.05, 0.1) is 0 Å². The van der Waals surface area contributed by atoms with E-state index >= 15 is 0 Å². The summed E-state index contributed by atoms with van der Waals surface area (Å²) in [5.74, 6) is 0. The van der Waals surface area contributed by atoms with E-state index in [-0.39, 0.29) is 17.0 Å². The van der Waals surface area contributed by atoms with Crippen LogP contribution in [-0.2, 0) is 0 Å². The molecule has 1 aromatic carbocycles. The molecule has 16 heavy (non-hydrogen) atoms. The number of halogens is 1. The van der Waals surface area contributed by atoms with Gasteiger partial charge in [-0.2, -0.15) is 15.6 Å². The Bertz CT molecular complexity index is 537. The molecule has 1 aliphatic heterocycles. The molecule has 0 bridgehead atoms. The summed E-state index contributed by atoms with van der Waals surface area (Å²) in [6, 6.07) is 10.6. The maximum absolute atomic E-state index is 7.26. The molecular formula is C11H9BrN4. The number of benzene rings is 1. The molecule has 0 amide bonds. The second-order valence-corrected chi connectivity index (χ2v) is 2.57. The maximum Gasteiger partial charge on any atom is 0.181 e. The molecule has 1 aliphatic rings. The second kappa shape index (κ2) is 8.22. The Morgan fingerprint density at radius 1 is 1.06 bits per heavy atom. The van der Waals surface area contributed by atoms with Crippen LogP contribution in [0.25, 0.3) is 12.3 Å². The van der Waals surface area contributed by atoms with Gasteiger partial charge in [-0.15, -0.1) is 17.0 Å². The highest BCUT2D eigenvalue weighted by Gasteiger charge is 1.84. The zero-order valence-corrected chi connectivity index (χ0v) is 10.0. The quantitative estimate of drug-likeness (QED) is 0.746. The van der Waals surface area contributed by atoms with E-state index in [4.69, 9.17) is 10.5 Å². The van der Waals surface area contributed by atoms with E-state index in [1.807, 2.05) is 30.5 Å². The van der Waals surface area contributed by atoms with Gasteiger partial charge in [0.1, 0.15) is 0 Å². The molecule has 0 atom stereocenters. The molecule has 4 nitrogen and oxygen atoms in total. The van der Waals surface area contributed by atoms with Gasteiger partial charge in [0.2, 0.25) is 0 Å². The van der Waals surface area contributed by atoms with Gasteiger partial charge in [0.15, 0.2) is 12.1 Å². The van der Waals surface area contributed by atoms with Gasteiger partial charge in [-0.3, -0.25) is 5.43 Å². The Hall–Kier alpha value is -2.11. The Balaban J connectivity index is 0.000000397. The summed E-state index contributed by atoms with van der Waals surface area (Å²) < 4.78 is 0. The minimum atomic E-state index is 0. The summed E-state index contributed by atoms with van der Waals surface area (Å²) in [5, 5.41) is 20.8. The highest BCUT2D eigenvalue weighted by molar-refractivity contribution is 8.93. The molecule has 80 valence electrons. The summed E-state index contributed by atoms with van der Waals surface area (Å²) >= 11 is 0. The molecule has 0 spiro atoms. The van der Waals surface area contributed by atoms with Crippen molar-refractivity contribution in [3.63, 3.8) is 0 Å². The number of hydrogen-bond acceptors (Lipinski definition) is 4. The number of rotatable bonds is 0. The third-order valence-corrected chi connectivity index (χ3v) is 1.67. The van der Waals surface area contributed by atoms with Crippen LogP contribution in [0.15, 0.2) is 29.4 Å². The summed E-state index contributed by atoms with van der Waals surface area (Å²) in [5.41, 5.74) is 2.82. The van der Waals surface area contributed by atoms with E-state index in [9.17, 15) is 0 Å². The first-order chi connectivity index (χ1) is 7.38. The Morgan fingerprint density at radius 2 is 1.69 bits per heavy atom. The van der Waals surface area contributed by atoms with Crippen LogP contribution >= 0.6 is 17.0 Å². The number of nitrogens with zero attached hydrogens (tertiary/aromatic N) is 3. The predicted molar refractivity (Wildman–Crippen MR) is 67.8 cm³/mol. The number of hydrogen-bond donors (Lipinski definition) is 1. The molecule has 0 saturated heterocycles. The fourth-order valence-corrected chi connectivity index (χ4v) is 1.06. The molecule has 2 rings (SSSR count). The van der Waals surface area contributed by atoms with Crippen LogP contribution in [0.2, 0.25) is 0 Å². The van der Waals surface area contributed by atoms with Crippen molar-refractivity contribution in [3.8, 4) is 12.1 Å². The maximum atomic E-state index is 7.26. The highest BCUT2D eigenvalue weighted by Crippen LogP contribution is 1.73. The normalized spacial score (nSPS) is 9.88. The van der Waals surface area contributed by atoms with Crippen LogP contribution < -0.4 is 15.9 Å². The Kier molecular flexibility index (Phi) is 7.14. The molecule has 1 heterocycles. The fraction of sp³-hybridized carbons (Fsp3) is 0. The largest absolute Gasteiger partial charge is 0.285 e. The standard InChI is InChI=1S/C9H8N2.C2N2.BrH/c1-2-4-9-7-11-10-6-5-8(9)3-1;3-1-2-4;/h1-7,11H;;1H. The van der Waals surface area contributed by atoms with Crippen molar-refractivity contribution in [2.45, 2.75) is 0 Å². The van der Waals surface area contributed by atoms with E-state index < -0.39 is 0 Å². The number of hydrazone groups is 1. The van der Waals surface area contributed by atoms with Gasteiger partial charge >= 0.3 is 0 Å². The third kappa shape index (κ3) is 4.41. The lowest BCUT2D eigenvalue weighted by molar-refractivity contribution is 1.04. The van der Waals surface area contributed by atoms with Crippen LogP contribution in [-0.4, -0.2) is 6.21 Å². The van der Waals surface area contributed by atoms with Crippen molar-refractivity contribution in [2.75, 3.05) is 0 Å². The molecular weight excluding hydrogens is 268 g/mol. The molecule has 0 radical (unpaired) electrons. The van der Waals surface area contributed by atoms with E-state index in [1.165, 1.54) is 22.6 Å². The van der Waals surface area contributed by atoms with Gasteiger partial charge in [-0.25, -0.2) is 0 Å². The monoisotopic (exact) mass is 276 g/mol. The molecule has 0 saturated carbocycles. The van der Waals surface area contributed by atoms with Crippen molar-refractivity contribution in [3.05, 3.63) is 34.7 Å². The van der Waals surface area contributed by atoms with Gasteiger partial charge in [0.25, 0.3) is 0 Å². The van der Waals surface area contributed by atoms with E-state index in [1.54, 1.807) is 6.21 Å². The van der Waals surface area contributed by atoms with Crippen molar-refractivity contribution in [2.24, 2.45) is 5.10 Å². The van der Waals surface area contributed by atoms with Gasteiger partial charge in [-0.05, 0) is 16.5 Å². The van der Waals surface area contributed by atoms with E-state index in [2.05, 4.69) is 16.6 Å². The van der Waals surface area contributed by atoms with Crippen LogP contribution in [0.5, 0.6) is 0 Å². The van der Waals surface area contributed by atoms with Crippen molar-refractivity contribution >= 4 is 35.5 Å². The van der Waals surface area contributed by atoms with Gasteiger partial charge in [-0.1, -0.05) is 24.3 Å². The minimum absolute atomic E-state index is 0. The zero-order chi connectivity index (χ0) is 10.9. The molecule has 1 N–H and O–H groups in total. The molecule has 0 unspecified atom stereocenters. The van der Waals surface area contributed by atoms with Crippen molar-refractivity contribution in [1.29, 1.82) is 10.5 Å². The first-order valence-electron chi connectivity index (χ1n) is 4.21. The summed E-state index contributed by atoms with van der Waals surface area (Å²) in [6.45, 7) is 0. The van der Waals surface area contributed by atoms with E-state index in [0.29, 0.717) is 0 Å². The first-order valence-corrected chi connectivity index (χ1v) is 4.21. The average Bonchev–Trinajstić information content (AvgIpc) is 2.54. The van der Waals surface area contributed by atoms with Crippen LogP contribution in [0, 0.1) is 22.7 Å². The van der Waals surface area contributed by atoms with Gasteiger partial charge in [0, 0.05) is 12.4 Å². The lowest BCUT2D eigenvalue weighted by atomic mass is 10.2. The molecule has 5 heteroatoms. The smallest absolute Gasteiger partial charge is 0.181 e. The van der Waals surface area contributed by atoms with E-state index in [0.717, 1.165) is 0 Å².